The molecule has 0 aliphatic rings. The van der Waals surface area contributed by atoms with E-state index >= 15 is 0 Å². The number of methoxy groups -OCH3 is 1. The SMILES string of the molecule is COc1ccccc1NCC(=O)NN=Cc1ccc(-c2ccc([N+](=O)[O-])cc2Cl)o1. The van der Waals surface area contributed by atoms with E-state index in [0.717, 1.165) is 0 Å². The number of benzene rings is 2. The lowest BCUT2D eigenvalue weighted by atomic mass is 10.1. The minimum absolute atomic E-state index is 0.000475. The van der Waals surface area contributed by atoms with E-state index < -0.39 is 4.92 Å². The number of nitrogens with zero attached hydrogens (tertiary/aromatic N) is 2. The van der Waals surface area contributed by atoms with E-state index in [9.17, 15) is 14.9 Å². The van der Waals surface area contributed by atoms with Crippen molar-refractivity contribution in [2.75, 3.05) is 19.0 Å². The van der Waals surface area contributed by atoms with E-state index in [4.69, 9.17) is 20.8 Å². The van der Waals surface area contributed by atoms with Gasteiger partial charge in [0, 0.05) is 17.7 Å². The number of hydrogen-bond donors (Lipinski definition) is 2. The molecular weight excluding hydrogens is 412 g/mol. The molecule has 0 bridgehead atoms. The number of nitrogens with one attached hydrogen (secondary N) is 2. The van der Waals surface area contributed by atoms with Crippen molar-refractivity contribution in [3.8, 4) is 17.1 Å². The lowest BCUT2D eigenvalue weighted by molar-refractivity contribution is -0.384. The lowest BCUT2D eigenvalue weighted by Crippen LogP contribution is -2.26. The van der Waals surface area contributed by atoms with Gasteiger partial charge in [-0.25, -0.2) is 5.43 Å². The molecule has 0 atom stereocenters. The molecular formula is C20H17ClN4O5. The third-order valence-electron chi connectivity index (χ3n) is 3.98. The minimum Gasteiger partial charge on any atom is -0.495 e. The Kier molecular flexibility index (Phi) is 6.66. The van der Waals surface area contributed by atoms with Gasteiger partial charge in [0.05, 0.1) is 35.5 Å². The zero-order valence-electron chi connectivity index (χ0n) is 15.8. The summed E-state index contributed by atoms with van der Waals surface area (Å²) in [5, 5.41) is 17.8. The fraction of sp³-hybridized carbons (Fsp3) is 0.100. The average molecular weight is 429 g/mol. The molecule has 10 heteroatoms. The molecule has 0 aliphatic carbocycles. The Morgan fingerprint density at radius 1 is 1.27 bits per heavy atom. The second kappa shape index (κ2) is 9.57. The number of hydrazone groups is 1. The molecule has 1 amide bonds. The van der Waals surface area contributed by atoms with E-state index in [1.165, 1.54) is 24.4 Å². The van der Waals surface area contributed by atoms with Crippen LogP contribution in [0.25, 0.3) is 11.3 Å². The standard InChI is InChI=1S/C20H17ClN4O5/c1-29-19-5-3-2-4-17(19)22-12-20(26)24-23-11-14-7-9-18(30-14)15-8-6-13(25(27)28)10-16(15)21/h2-11,22H,12H2,1H3,(H,24,26). The van der Waals surface area contributed by atoms with Crippen LogP contribution >= 0.6 is 11.6 Å². The Morgan fingerprint density at radius 2 is 2.07 bits per heavy atom. The summed E-state index contributed by atoms with van der Waals surface area (Å²) in [7, 11) is 1.55. The molecule has 1 heterocycles. The van der Waals surface area contributed by atoms with Gasteiger partial charge in [0.2, 0.25) is 0 Å². The Morgan fingerprint density at radius 3 is 2.80 bits per heavy atom. The van der Waals surface area contributed by atoms with Crippen LogP contribution in [0, 0.1) is 10.1 Å². The Hall–Kier alpha value is -3.85. The first-order chi connectivity index (χ1) is 14.5. The number of carbonyl (C=O) groups is 1. The number of amides is 1. The minimum atomic E-state index is -0.526. The predicted octanol–water partition coefficient (Wildman–Crippen LogP) is 4.08. The van der Waals surface area contributed by atoms with E-state index in [1.807, 2.05) is 12.1 Å². The van der Waals surface area contributed by atoms with Crippen LogP contribution in [0.15, 0.2) is 64.1 Å². The normalized spacial score (nSPS) is 10.7. The third kappa shape index (κ3) is 5.15. The number of anilines is 1. The number of nitro groups is 1. The van der Waals surface area contributed by atoms with Gasteiger partial charge < -0.3 is 14.5 Å². The van der Waals surface area contributed by atoms with Gasteiger partial charge in [-0.15, -0.1) is 0 Å². The predicted molar refractivity (Wildman–Crippen MR) is 113 cm³/mol. The molecule has 0 saturated carbocycles. The van der Waals surface area contributed by atoms with E-state index in [1.54, 1.807) is 31.4 Å². The van der Waals surface area contributed by atoms with Crippen molar-refractivity contribution in [1.29, 1.82) is 0 Å². The fourth-order valence-corrected chi connectivity index (χ4v) is 2.83. The van der Waals surface area contributed by atoms with Crippen molar-refractivity contribution in [3.05, 3.63) is 75.5 Å². The Bertz CT molecular complexity index is 1100. The van der Waals surface area contributed by atoms with Crippen LogP contribution in [0.5, 0.6) is 5.75 Å². The monoisotopic (exact) mass is 428 g/mol. The summed E-state index contributed by atoms with van der Waals surface area (Å²) >= 11 is 6.10. The summed E-state index contributed by atoms with van der Waals surface area (Å²) in [5.74, 6) is 1.06. The maximum Gasteiger partial charge on any atom is 0.270 e. The highest BCUT2D eigenvalue weighted by Crippen LogP contribution is 2.32. The van der Waals surface area contributed by atoms with Crippen molar-refractivity contribution in [2.24, 2.45) is 5.10 Å². The van der Waals surface area contributed by atoms with Gasteiger partial charge in [-0.2, -0.15) is 5.10 Å². The first-order valence-corrected chi connectivity index (χ1v) is 9.08. The molecule has 0 aliphatic heterocycles. The molecule has 3 aromatic rings. The molecule has 2 aromatic carbocycles. The van der Waals surface area contributed by atoms with E-state index in [0.29, 0.717) is 28.5 Å². The van der Waals surface area contributed by atoms with Gasteiger partial charge in [-0.3, -0.25) is 14.9 Å². The summed E-state index contributed by atoms with van der Waals surface area (Å²) in [6.45, 7) is -0.000475. The largest absolute Gasteiger partial charge is 0.495 e. The summed E-state index contributed by atoms with van der Waals surface area (Å²) < 4.78 is 10.8. The molecule has 0 radical (unpaired) electrons. The van der Waals surface area contributed by atoms with Gasteiger partial charge in [0.25, 0.3) is 11.6 Å². The summed E-state index contributed by atoms with van der Waals surface area (Å²) in [6, 6.07) is 14.6. The molecule has 2 N–H and O–H groups in total. The number of carbonyl (C=O) groups excluding carboxylic acids is 1. The van der Waals surface area contributed by atoms with Crippen LogP contribution in [0.4, 0.5) is 11.4 Å². The maximum atomic E-state index is 11.9. The lowest BCUT2D eigenvalue weighted by Gasteiger charge is -2.09. The van der Waals surface area contributed by atoms with Crippen LogP contribution in [0.3, 0.4) is 0 Å². The van der Waals surface area contributed by atoms with Crippen molar-refractivity contribution < 1.29 is 18.9 Å². The molecule has 0 spiro atoms. The van der Waals surface area contributed by atoms with Gasteiger partial charge in [0.15, 0.2) is 0 Å². The van der Waals surface area contributed by atoms with Crippen molar-refractivity contribution in [3.63, 3.8) is 0 Å². The quantitative estimate of drug-likeness (QED) is 0.317. The first-order valence-electron chi connectivity index (χ1n) is 8.71. The summed E-state index contributed by atoms with van der Waals surface area (Å²) in [4.78, 5) is 22.2. The molecule has 0 unspecified atom stereocenters. The third-order valence-corrected chi connectivity index (χ3v) is 4.30. The number of halogens is 1. The zero-order chi connectivity index (χ0) is 21.5. The topological polar surface area (TPSA) is 119 Å². The number of furan rings is 1. The maximum absolute atomic E-state index is 11.9. The number of para-hydroxylation sites is 2. The highest BCUT2D eigenvalue weighted by Gasteiger charge is 2.13. The number of rotatable bonds is 8. The van der Waals surface area contributed by atoms with Crippen molar-refractivity contribution in [2.45, 2.75) is 0 Å². The van der Waals surface area contributed by atoms with Gasteiger partial charge >= 0.3 is 0 Å². The first kappa shape index (κ1) is 20.9. The highest BCUT2D eigenvalue weighted by atomic mass is 35.5. The van der Waals surface area contributed by atoms with Crippen LogP contribution in [-0.4, -0.2) is 30.7 Å². The molecule has 0 saturated heterocycles. The highest BCUT2D eigenvalue weighted by molar-refractivity contribution is 6.33. The molecule has 0 fully saturated rings. The summed E-state index contributed by atoms with van der Waals surface area (Å²) in [5.41, 5.74) is 3.47. The Labute approximate surface area is 176 Å². The molecule has 3 rings (SSSR count). The van der Waals surface area contributed by atoms with Crippen LogP contribution < -0.4 is 15.5 Å². The molecule has 1 aromatic heterocycles. The summed E-state index contributed by atoms with van der Waals surface area (Å²) in [6.07, 6.45) is 1.34. The number of non-ortho nitro benzene ring substituents is 1. The molecule has 154 valence electrons. The number of hydrogen-bond acceptors (Lipinski definition) is 7. The van der Waals surface area contributed by atoms with Crippen molar-refractivity contribution in [1.82, 2.24) is 5.43 Å². The van der Waals surface area contributed by atoms with E-state index in [-0.39, 0.29) is 23.2 Å². The second-order valence-electron chi connectivity index (χ2n) is 5.97. The average Bonchev–Trinajstić information content (AvgIpc) is 3.20. The number of ether oxygens (including phenoxy) is 1. The Balaban J connectivity index is 1.57. The second-order valence-corrected chi connectivity index (χ2v) is 6.38. The smallest absolute Gasteiger partial charge is 0.270 e. The fourth-order valence-electron chi connectivity index (χ4n) is 2.56. The molecule has 9 nitrogen and oxygen atoms in total. The van der Waals surface area contributed by atoms with Crippen LogP contribution in [0.1, 0.15) is 5.76 Å². The van der Waals surface area contributed by atoms with Crippen LogP contribution in [0.2, 0.25) is 5.02 Å². The van der Waals surface area contributed by atoms with E-state index in [2.05, 4.69) is 15.8 Å². The van der Waals surface area contributed by atoms with Crippen LogP contribution in [-0.2, 0) is 4.79 Å². The van der Waals surface area contributed by atoms with Crippen molar-refractivity contribution >= 4 is 35.1 Å². The zero-order valence-corrected chi connectivity index (χ0v) is 16.6. The number of nitro benzene ring substituents is 1. The molecule has 30 heavy (non-hydrogen) atoms. The van der Waals surface area contributed by atoms with Gasteiger partial charge in [0.1, 0.15) is 17.3 Å². The van der Waals surface area contributed by atoms with Gasteiger partial charge in [-0.1, -0.05) is 23.7 Å². The van der Waals surface area contributed by atoms with Gasteiger partial charge in [-0.05, 0) is 30.3 Å².